The molecule has 0 aromatic heterocycles. The van der Waals surface area contributed by atoms with Crippen molar-refractivity contribution in [2.24, 2.45) is 0 Å². The molecular formula is C7H5BBrFO2. The maximum Gasteiger partial charge on any atom is 0.527 e. The second-order valence-corrected chi connectivity index (χ2v) is 3.48. The van der Waals surface area contributed by atoms with Gasteiger partial charge in [-0.2, -0.15) is 0 Å². The average molecular weight is 231 g/mol. The molecule has 1 aliphatic heterocycles. The van der Waals surface area contributed by atoms with Gasteiger partial charge in [-0.05, 0) is 27.6 Å². The fraction of sp³-hybridized carbons (Fsp3) is 0.143. The van der Waals surface area contributed by atoms with Gasteiger partial charge >= 0.3 is 7.12 Å². The van der Waals surface area contributed by atoms with Crippen molar-refractivity contribution < 1.29 is 14.1 Å². The van der Waals surface area contributed by atoms with Gasteiger partial charge in [0.1, 0.15) is 5.75 Å². The Kier molecular flexibility index (Phi) is 1.85. The summed E-state index contributed by atoms with van der Waals surface area (Å²) in [5.41, 5.74) is 0.711. The van der Waals surface area contributed by atoms with Gasteiger partial charge in [0.15, 0.2) is 5.82 Å². The summed E-state index contributed by atoms with van der Waals surface area (Å²) in [4.78, 5) is 0. The minimum Gasteiger partial charge on any atom is -0.534 e. The number of benzene rings is 1. The van der Waals surface area contributed by atoms with Crippen LogP contribution in [0.15, 0.2) is 16.6 Å². The summed E-state index contributed by atoms with van der Waals surface area (Å²) < 4.78 is 18.4. The van der Waals surface area contributed by atoms with Crippen molar-refractivity contribution in [1.29, 1.82) is 0 Å². The van der Waals surface area contributed by atoms with Crippen molar-refractivity contribution >= 4 is 23.0 Å². The second-order valence-electron chi connectivity index (χ2n) is 2.63. The van der Waals surface area contributed by atoms with Crippen LogP contribution >= 0.6 is 15.9 Å². The molecule has 1 N–H and O–H groups in total. The lowest BCUT2D eigenvalue weighted by atomic mass is 9.85. The van der Waals surface area contributed by atoms with Gasteiger partial charge in [0.2, 0.25) is 0 Å². The molecule has 1 aliphatic rings. The van der Waals surface area contributed by atoms with E-state index >= 15 is 0 Å². The fourth-order valence-electron chi connectivity index (χ4n) is 1.23. The molecule has 1 heterocycles. The molecule has 0 saturated heterocycles. The molecule has 0 spiro atoms. The highest BCUT2D eigenvalue weighted by molar-refractivity contribution is 9.10. The van der Waals surface area contributed by atoms with E-state index in [4.69, 9.17) is 9.68 Å². The van der Waals surface area contributed by atoms with Gasteiger partial charge in [-0.25, -0.2) is 4.39 Å². The molecule has 0 bridgehead atoms. The maximum absolute atomic E-state index is 13.2. The Balaban J connectivity index is 2.54. The first-order valence-electron chi connectivity index (χ1n) is 3.50. The third kappa shape index (κ3) is 1.13. The molecule has 0 amide bonds. The van der Waals surface area contributed by atoms with Crippen LogP contribution < -0.4 is 4.65 Å². The molecule has 1 aromatic carbocycles. The van der Waals surface area contributed by atoms with Crippen LogP contribution in [0.5, 0.6) is 5.75 Å². The first-order valence-corrected chi connectivity index (χ1v) is 4.29. The highest BCUT2D eigenvalue weighted by Gasteiger charge is 2.30. The Morgan fingerprint density at radius 1 is 1.58 bits per heavy atom. The van der Waals surface area contributed by atoms with Crippen LogP contribution in [0, 0.1) is 5.82 Å². The summed E-state index contributed by atoms with van der Waals surface area (Å²) in [6.07, 6.45) is 0.361. The first-order chi connectivity index (χ1) is 5.68. The molecule has 0 radical (unpaired) electrons. The van der Waals surface area contributed by atoms with E-state index in [0.717, 1.165) is 0 Å². The van der Waals surface area contributed by atoms with E-state index in [1.165, 1.54) is 0 Å². The van der Waals surface area contributed by atoms with Crippen molar-refractivity contribution in [3.8, 4) is 5.75 Å². The largest absolute Gasteiger partial charge is 0.534 e. The lowest BCUT2D eigenvalue weighted by Crippen LogP contribution is -2.17. The summed E-state index contributed by atoms with van der Waals surface area (Å²) in [6, 6.07) is 3.34. The summed E-state index contributed by atoms with van der Waals surface area (Å²) in [7, 11) is -0.899. The molecule has 0 atom stereocenters. The van der Waals surface area contributed by atoms with Crippen molar-refractivity contribution in [2.45, 2.75) is 6.32 Å². The van der Waals surface area contributed by atoms with E-state index in [1.54, 1.807) is 12.1 Å². The van der Waals surface area contributed by atoms with Crippen molar-refractivity contribution in [1.82, 2.24) is 0 Å². The van der Waals surface area contributed by atoms with Crippen LogP contribution in [-0.4, -0.2) is 12.1 Å². The molecule has 0 unspecified atom stereocenters. The van der Waals surface area contributed by atoms with Gasteiger partial charge in [0.25, 0.3) is 0 Å². The van der Waals surface area contributed by atoms with Crippen LogP contribution in [0.4, 0.5) is 4.39 Å². The van der Waals surface area contributed by atoms with Crippen LogP contribution in [0.25, 0.3) is 0 Å². The molecule has 0 saturated carbocycles. The van der Waals surface area contributed by atoms with Crippen LogP contribution in [0.1, 0.15) is 5.56 Å². The predicted molar refractivity (Wildman–Crippen MR) is 46.4 cm³/mol. The zero-order valence-electron chi connectivity index (χ0n) is 6.05. The van der Waals surface area contributed by atoms with E-state index in [1.807, 2.05) is 0 Å². The summed E-state index contributed by atoms with van der Waals surface area (Å²) in [5, 5.41) is 9.06. The minimum atomic E-state index is -0.899. The predicted octanol–water partition coefficient (Wildman–Crippen LogP) is 1.54. The Bertz CT molecular complexity index is 331. The van der Waals surface area contributed by atoms with E-state index in [2.05, 4.69) is 15.9 Å². The molecule has 0 fully saturated rings. The number of halogens is 2. The summed E-state index contributed by atoms with van der Waals surface area (Å²) in [5.74, 6) is -0.277. The van der Waals surface area contributed by atoms with Gasteiger partial charge in [-0.15, -0.1) is 0 Å². The third-order valence-electron chi connectivity index (χ3n) is 1.78. The van der Waals surface area contributed by atoms with E-state index in [-0.39, 0.29) is 5.75 Å². The molecule has 0 aliphatic carbocycles. The van der Waals surface area contributed by atoms with Crippen LogP contribution in [0.3, 0.4) is 0 Å². The maximum atomic E-state index is 13.2. The zero-order valence-corrected chi connectivity index (χ0v) is 7.64. The molecule has 62 valence electrons. The first kappa shape index (κ1) is 8.07. The molecule has 12 heavy (non-hydrogen) atoms. The van der Waals surface area contributed by atoms with E-state index < -0.39 is 12.9 Å². The van der Waals surface area contributed by atoms with Gasteiger partial charge in [0, 0.05) is 6.32 Å². The monoisotopic (exact) mass is 230 g/mol. The standard InChI is InChI=1S/C7H5BBrFO2/c9-5-2-1-4-3-8(11)12-7(4)6(5)10/h1-2,11H,3H2. The number of fused-ring (bicyclic) bond motifs is 1. The Hall–Kier alpha value is -0.545. The molecule has 2 rings (SSSR count). The van der Waals surface area contributed by atoms with Crippen molar-refractivity contribution in [3.05, 3.63) is 28.0 Å². The highest BCUT2D eigenvalue weighted by atomic mass is 79.9. The average Bonchev–Trinajstić information content (AvgIpc) is 2.39. The van der Waals surface area contributed by atoms with Crippen molar-refractivity contribution in [3.63, 3.8) is 0 Å². The number of rotatable bonds is 0. The summed E-state index contributed by atoms with van der Waals surface area (Å²) in [6.45, 7) is 0. The Morgan fingerprint density at radius 3 is 3.08 bits per heavy atom. The van der Waals surface area contributed by atoms with Gasteiger partial charge in [0.05, 0.1) is 4.47 Å². The van der Waals surface area contributed by atoms with E-state index in [9.17, 15) is 4.39 Å². The molecular weight excluding hydrogens is 226 g/mol. The number of hydrogen-bond acceptors (Lipinski definition) is 2. The quantitative estimate of drug-likeness (QED) is 0.686. The summed E-state index contributed by atoms with van der Waals surface area (Å²) >= 11 is 3.03. The Morgan fingerprint density at radius 2 is 2.33 bits per heavy atom. The third-order valence-corrected chi connectivity index (χ3v) is 2.39. The second kappa shape index (κ2) is 2.74. The topological polar surface area (TPSA) is 29.5 Å². The fourth-order valence-corrected chi connectivity index (χ4v) is 1.54. The minimum absolute atomic E-state index is 0.164. The lowest BCUT2D eigenvalue weighted by Gasteiger charge is -2.02. The van der Waals surface area contributed by atoms with Crippen LogP contribution in [0.2, 0.25) is 0 Å². The SMILES string of the molecule is OB1Cc2ccc(Br)c(F)c2O1. The highest BCUT2D eigenvalue weighted by Crippen LogP contribution is 2.33. The molecule has 5 heteroatoms. The van der Waals surface area contributed by atoms with Crippen molar-refractivity contribution in [2.75, 3.05) is 0 Å². The molecule has 1 aromatic rings. The van der Waals surface area contributed by atoms with E-state index in [0.29, 0.717) is 16.4 Å². The normalized spacial score (nSPS) is 14.4. The smallest absolute Gasteiger partial charge is 0.527 e. The van der Waals surface area contributed by atoms with Gasteiger partial charge in [-0.1, -0.05) is 6.07 Å². The molecule has 2 nitrogen and oxygen atoms in total. The lowest BCUT2D eigenvalue weighted by molar-refractivity contribution is 0.414. The van der Waals surface area contributed by atoms with Crippen LogP contribution in [-0.2, 0) is 6.32 Å². The van der Waals surface area contributed by atoms with Gasteiger partial charge in [-0.3, -0.25) is 0 Å². The zero-order chi connectivity index (χ0) is 8.72. The van der Waals surface area contributed by atoms with Gasteiger partial charge < -0.3 is 9.68 Å². The Labute approximate surface area is 77.6 Å². The number of hydrogen-bond donors (Lipinski definition) is 1.